The van der Waals surface area contributed by atoms with Gasteiger partial charge in [-0.25, -0.2) is 4.79 Å². The molecular formula is C27H34ClN3O3. The van der Waals surface area contributed by atoms with E-state index >= 15 is 0 Å². The van der Waals surface area contributed by atoms with Gasteiger partial charge in [0.25, 0.3) is 0 Å². The van der Waals surface area contributed by atoms with Gasteiger partial charge in [-0.3, -0.25) is 4.98 Å². The monoisotopic (exact) mass is 483 g/mol. The van der Waals surface area contributed by atoms with Crippen LogP contribution >= 0.6 is 11.6 Å². The van der Waals surface area contributed by atoms with Gasteiger partial charge in [0.05, 0.1) is 5.52 Å². The molecule has 1 heterocycles. The van der Waals surface area contributed by atoms with Crippen LogP contribution in [0.1, 0.15) is 37.8 Å². The standard InChI is InChI=1S/C27H34ClN3O3/c1-4-31(16-17-33-27(32)34-19-22-9-7-20(2)8-10-22)15-5-6-21(3)30-25-13-14-29-26-18-23(28)11-12-24(25)26/h7-14,18,21H,4-6,15-17,19H2,1-3H3,(H,29,30). The number of likely N-dealkylation sites (N-methyl/N-ethyl adjacent to an activating group) is 1. The number of halogens is 1. The molecule has 1 atom stereocenters. The Morgan fingerprint density at radius 2 is 1.91 bits per heavy atom. The predicted molar refractivity (Wildman–Crippen MR) is 139 cm³/mol. The fourth-order valence-corrected chi connectivity index (χ4v) is 3.93. The lowest BCUT2D eigenvalue weighted by Gasteiger charge is -2.22. The van der Waals surface area contributed by atoms with Crippen LogP contribution in [0.15, 0.2) is 54.7 Å². The molecule has 2 aromatic carbocycles. The Balaban J connectivity index is 1.34. The van der Waals surface area contributed by atoms with Gasteiger partial charge in [-0.15, -0.1) is 0 Å². The summed E-state index contributed by atoms with van der Waals surface area (Å²) in [5.74, 6) is 0. The number of nitrogens with zero attached hydrogens (tertiary/aromatic N) is 2. The van der Waals surface area contributed by atoms with E-state index in [9.17, 15) is 4.79 Å². The lowest BCUT2D eigenvalue weighted by atomic mass is 10.1. The molecule has 34 heavy (non-hydrogen) atoms. The molecule has 0 aliphatic rings. The van der Waals surface area contributed by atoms with Gasteiger partial charge in [0.15, 0.2) is 0 Å². The molecule has 0 fully saturated rings. The molecule has 1 unspecified atom stereocenters. The third-order valence-electron chi connectivity index (χ3n) is 5.77. The summed E-state index contributed by atoms with van der Waals surface area (Å²) in [5, 5.41) is 5.36. The highest BCUT2D eigenvalue weighted by Gasteiger charge is 2.10. The van der Waals surface area contributed by atoms with E-state index in [1.165, 1.54) is 5.56 Å². The highest BCUT2D eigenvalue weighted by molar-refractivity contribution is 6.31. The SMILES string of the molecule is CCN(CCCC(C)Nc1ccnc2cc(Cl)ccc12)CCOC(=O)OCc1ccc(C)cc1. The topological polar surface area (TPSA) is 63.7 Å². The molecule has 0 aliphatic carbocycles. The van der Waals surface area contributed by atoms with Crippen LogP contribution in [0.4, 0.5) is 10.5 Å². The largest absolute Gasteiger partial charge is 0.508 e. The number of benzene rings is 2. The summed E-state index contributed by atoms with van der Waals surface area (Å²) in [6.45, 7) is 9.40. The van der Waals surface area contributed by atoms with Crippen molar-refractivity contribution >= 4 is 34.3 Å². The van der Waals surface area contributed by atoms with Crippen molar-refractivity contribution in [1.82, 2.24) is 9.88 Å². The number of aryl methyl sites for hydroxylation is 1. The number of carbonyl (C=O) groups excluding carboxylic acids is 1. The minimum atomic E-state index is -0.625. The van der Waals surface area contributed by atoms with Gasteiger partial charge in [0, 0.05) is 34.9 Å². The number of rotatable bonds is 12. The number of carbonyl (C=O) groups is 1. The second-order valence-corrected chi connectivity index (χ2v) is 8.95. The Hall–Kier alpha value is -2.83. The van der Waals surface area contributed by atoms with Crippen molar-refractivity contribution in [2.24, 2.45) is 0 Å². The smallest absolute Gasteiger partial charge is 0.433 e. The summed E-state index contributed by atoms with van der Waals surface area (Å²) in [5.41, 5.74) is 4.08. The zero-order valence-corrected chi connectivity index (χ0v) is 21.0. The molecule has 1 aromatic heterocycles. The highest BCUT2D eigenvalue weighted by Crippen LogP contribution is 2.25. The normalized spacial score (nSPS) is 12.0. The molecule has 0 saturated heterocycles. The van der Waals surface area contributed by atoms with E-state index in [0.29, 0.717) is 24.2 Å². The van der Waals surface area contributed by atoms with E-state index in [1.807, 2.05) is 55.5 Å². The Labute approximate surface area is 207 Å². The number of aromatic nitrogens is 1. The summed E-state index contributed by atoms with van der Waals surface area (Å²) < 4.78 is 10.4. The molecule has 6 nitrogen and oxygen atoms in total. The molecule has 3 rings (SSSR count). The average molecular weight is 484 g/mol. The highest BCUT2D eigenvalue weighted by atomic mass is 35.5. The van der Waals surface area contributed by atoms with E-state index < -0.39 is 6.16 Å². The molecule has 7 heteroatoms. The minimum Gasteiger partial charge on any atom is -0.433 e. The van der Waals surface area contributed by atoms with Crippen LogP contribution in [0, 0.1) is 6.92 Å². The summed E-state index contributed by atoms with van der Waals surface area (Å²) in [7, 11) is 0. The number of nitrogens with one attached hydrogen (secondary N) is 1. The van der Waals surface area contributed by atoms with Gasteiger partial charge in [0.2, 0.25) is 0 Å². The van der Waals surface area contributed by atoms with Crippen molar-refractivity contribution in [2.45, 2.75) is 46.3 Å². The van der Waals surface area contributed by atoms with Crippen molar-refractivity contribution < 1.29 is 14.3 Å². The van der Waals surface area contributed by atoms with Crippen molar-refractivity contribution in [2.75, 3.05) is 31.6 Å². The number of ether oxygens (including phenoxy) is 2. The Morgan fingerprint density at radius 3 is 2.68 bits per heavy atom. The number of anilines is 1. The molecule has 182 valence electrons. The Kier molecular flexibility index (Phi) is 9.98. The maximum Gasteiger partial charge on any atom is 0.508 e. The van der Waals surface area contributed by atoms with Gasteiger partial charge >= 0.3 is 6.16 Å². The summed E-state index contributed by atoms with van der Waals surface area (Å²) in [6.07, 6.45) is 3.24. The van der Waals surface area contributed by atoms with E-state index in [0.717, 1.165) is 48.1 Å². The first-order valence-corrected chi connectivity index (χ1v) is 12.2. The number of pyridine rings is 1. The summed E-state index contributed by atoms with van der Waals surface area (Å²) in [4.78, 5) is 18.5. The van der Waals surface area contributed by atoms with E-state index in [1.54, 1.807) is 6.20 Å². The van der Waals surface area contributed by atoms with Crippen LogP contribution in [0.25, 0.3) is 10.9 Å². The van der Waals surface area contributed by atoms with E-state index in [2.05, 4.69) is 29.0 Å². The van der Waals surface area contributed by atoms with Gasteiger partial charge in [-0.1, -0.05) is 48.4 Å². The van der Waals surface area contributed by atoms with Crippen molar-refractivity contribution in [3.63, 3.8) is 0 Å². The second kappa shape index (κ2) is 13.2. The first kappa shape index (κ1) is 25.8. The molecule has 0 bridgehead atoms. The van der Waals surface area contributed by atoms with Crippen molar-refractivity contribution in [1.29, 1.82) is 0 Å². The van der Waals surface area contributed by atoms with Crippen LogP contribution in [0.3, 0.4) is 0 Å². The molecule has 0 aliphatic heterocycles. The fraction of sp³-hybridized carbons (Fsp3) is 0.407. The molecular weight excluding hydrogens is 450 g/mol. The van der Waals surface area contributed by atoms with Gasteiger partial charge in [0.1, 0.15) is 13.2 Å². The van der Waals surface area contributed by atoms with E-state index in [-0.39, 0.29) is 6.61 Å². The number of fused-ring (bicyclic) bond motifs is 1. The lowest BCUT2D eigenvalue weighted by Crippen LogP contribution is -2.30. The first-order valence-electron chi connectivity index (χ1n) is 11.8. The summed E-state index contributed by atoms with van der Waals surface area (Å²) >= 11 is 6.09. The maximum atomic E-state index is 11.9. The predicted octanol–water partition coefficient (Wildman–Crippen LogP) is 6.45. The van der Waals surface area contributed by atoms with Crippen LogP contribution in [-0.4, -0.2) is 48.3 Å². The molecule has 0 spiro atoms. The third-order valence-corrected chi connectivity index (χ3v) is 6.01. The van der Waals surface area contributed by atoms with Gasteiger partial charge < -0.3 is 19.7 Å². The first-order chi connectivity index (χ1) is 16.4. The van der Waals surface area contributed by atoms with Gasteiger partial charge in [-0.05, 0) is 69.6 Å². The molecule has 1 N–H and O–H groups in total. The lowest BCUT2D eigenvalue weighted by molar-refractivity contribution is 0.0432. The van der Waals surface area contributed by atoms with Crippen LogP contribution in [0.5, 0.6) is 0 Å². The molecule has 3 aromatic rings. The fourth-order valence-electron chi connectivity index (χ4n) is 3.76. The summed E-state index contributed by atoms with van der Waals surface area (Å²) in [6, 6.07) is 16.0. The maximum absolute atomic E-state index is 11.9. The zero-order valence-electron chi connectivity index (χ0n) is 20.2. The van der Waals surface area contributed by atoms with Gasteiger partial charge in [-0.2, -0.15) is 0 Å². The third kappa shape index (κ3) is 8.19. The minimum absolute atomic E-state index is 0.224. The quantitative estimate of drug-likeness (QED) is 0.298. The van der Waals surface area contributed by atoms with Crippen molar-refractivity contribution in [3.8, 4) is 0 Å². The molecule has 0 radical (unpaired) electrons. The van der Waals surface area contributed by atoms with E-state index in [4.69, 9.17) is 21.1 Å². The van der Waals surface area contributed by atoms with Crippen LogP contribution < -0.4 is 5.32 Å². The Bertz CT molecular complexity index is 1060. The Morgan fingerprint density at radius 1 is 1.12 bits per heavy atom. The average Bonchev–Trinajstić information content (AvgIpc) is 2.82. The number of hydrogen-bond donors (Lipinski definition) is 1. The molecule has 0 saturated carbocycles. The van der Waals surface area contributed by atoms with Crippen LogP contribution in [0.2, 0.25) is 5.02 Å². The van der Waals surface area contributed by atoms with Crippen molar-refractivity contribution in [3.05, 3.63) is 70.9 Å². The zero-order chi connectivity index (χ0) is 24.3. The second-order valence-electron chi connectivity index (χ2n) is 8.51. The van der Waals surface area contributed by atoms with Crippen LogP contribution in [-0.2, 0) is 16.1 Å². The number of hydrogen-bond acceptors (Lipinski definition) is 6. The molecule has 0 amide bonds.